The molecule has 3 aromatic rings. The molecule has 0 fully saturated rings. The highest BCUT2D eigenvalue weighted by atomic mass is 16.5. The van der Waals surface area contributed by atoms with Crippen molar-refractivity contribution in [1.82, 2.24) is 4.98 Å². The van der Waals surface area contributed by atoms with Gasteiger partial charge in [0.25, 0.3) is 5.82 Å². The highest BCUT2D eigenvalue weighted by Crippen LogP contribution is 2.15. The zero-order chi connectivity index (χ0) is 16.9. The molecule has 1 aromatic heterocycles. The lowest BCUT2D eigenvalue weighted by molar-refractivity contribution is -0.348. The van der Waals surface area contributed by atoms with Gasteiger partial charge in [-0.15, -0.1) is 0 Å². The molecule has 0 spiro atoms. The smallest absolute Gasteiger partial charge is 0.337 e. The number of anilines is 1. The van der Waals surface area contributed by atoms with E-state index in [9.17, 15) is 10.1 Å². The molecule has 118 valence electrons. The molecule has 3 rings (SSSR count). The number of nitriles is 1. The van der Waals surface area contributed by atoms with Crippen LogP contribution in [0.2, 0.25) is 0 Å². The van der Waals surface area contributed by atoms with Crippen LogP contribution in [0.3, 0.4) is 0 Å². The quantitative estimate of drug-likeness (QED) is 0.571. The van der Waals surface area contributed by atoms with E-state index >= 15 is 0 Å². The predicted octanol–water partition coefficient (Wildman–Crippen LogP) is 2.75. The summed E-state index contributed by atoms with van der Waals surface area (Å²) in [7, 11) is 1.34. The lowest BCUT2D eigenvalue weighted by Gasteiger charge is -2.03. The van der Waals surface area contributed by atoms with E-state index in [0.717, 1.165) is 11.0 Å². The number of carbonyl (C=O) groups excluding carboxylic acids is 1. The molecule has 0 aliphatic rings. The van der Waals surface area contributed by atoms with Crippen LogP contribution in [0.15, 0.2) is 54.7 Å². The maximum atomic E-state index is 11.6. The van der Waals surface area contributed by atoms with Crippen LogP contribution in [0.4, 0.5) is 5.69 Å². The number of fused-ring (bicyclic) bond motifs is 1. The van der Waals surface area contributed by atoms with Gasteiger partial charge in [-0.05, 0) is 30.3 Å². The normalized spacial score (nSPS) is 11.1. The van der Waals surface area contributed by atoms with Crippen LogP contribution in [0.1, 0.15) is 16.2 Å². The predicted molar refractivity (Wildman–Crippen MR) is 89.8 cm³/mol. The van der Waals surface area contributed by atoms with Gasteiger partial charge in [-0.25, -0.2) is 14.8 Å². The fraction of sp³-hybridized carbons (Fsp3) is 0.0556. The fourth-order valence-electron chi connectivity index (χ4n) is 2.31. The van der Waals surface area contributed by atoms with Gasteiger partial charge in [-0.2, -0.15) is 5.26 Å². The molecule has 2 aromatic carbocycles. The molecule has 0 aliphatic heterocycles. The van der Waals surface area contributed by atoms with Gasteiger partial charge >= 0.3 is 5.97 Å². The lowest BCUT2D eigenvalue weighted by atomic mass is 10.2. The Kier molecular flexibility index (Phi) is 4.25. The average Bonchev–Trinajstić information content (AvgIpc) is 3.05. The summed E-state index contributed by atoms with van der Waals surface area (Å²) in [4.78, 5) is 17.9. The minimum atomic E-state index is -0.410. The number of carbonyl (C=O) groups is 1. The van der Waals surface area contributed by atoms with Crippen LogP contribution in [0.25, 0.3) is 16.6 Å². The number of aromatic nitrogens is 2. The molecule has 24 heavy (non-hydrogen) atoms. The Morgan fingerprint density at radius 2 is 2.12 bits per heavy atom. The van der Waals surface area contributed by atoms with Crippen LogP contribution >= 0.6 is 0 Å². The number of esters is 1. The first-order valence-corrected chi connectivity index (χ1v) is 7.27. The summed E-state index contributed by atoms with van der Waals surface area (Å²) in [6, 6.07) is 16.7. The molecule has 0 bridgehead atoms. The van der Waals surface area contributed by atoms with Crippen molar-refractivity contribution < 1.29 is 14.5 Å². The van der Waals surface area contributed by atoms with Crippen molar-refractivity contribution in [2.75, 3.05) is 12.4 Å². The monoisotopic (exact) mass is 319 g/mol. The van der Waals surface area contributed by atoms with E-state index in [4.69, 9.17) is 4.74 Å². The Bertz CT molecular complexity index is 933. The van der Waals surface area contributed by atoms with Crippen molar-refractivity contribution in [3.63, 3.8) is 0 Å². The standard InChI is InChI=1S/C18H14N4O2/c1-24-18(23)12-5-4-6-14(9-12)20-11-13(10-19)17-21-15-7-2-3-8-16(15)22-17/h2-9,11,20H,1H3,(H,21,22)/p+1. The van der Waals surface area contributed by atoms with Crippen molar-refractivity contribution >= 4 is 28.3 Å². The van der Waals surface area contributed by atoms with Crippen LogP contribution < -0.4 is 10.3 Å². The maximum Gasteiger partial charge on any atom is 0.337 e. The number of allylic oxidation sites excluding steroid dienone is 1. The minimum Gasteiger partial charge on any atom is -0.465 e. The number of imidazole rings is 1. The molecule has 0 amide bonds. The Morgan fingerprint density at radius 1 is 1.29 bits per heavy atom. The van der Waals surface area contributed by atoms with Crippen LogP contribution in [0, 0.1) is 11.3 Å². The Morgan fingerprint density at radius 3 is 2.88 bits per heavy atom. The number of aromatic amines is 2. The lowest BCUT2D eigenvalue weighted by Crippen LogP contribution is -2.07. The first-order chi connectivity index (χ1) is 11.7. The van der Waals surface area contributed by atoms with Gasteiger partial charge in [0.15, 0.2) is 16.6 Å². The van der Waals surface area contributed by atoms with Crippen molar-refractivity contribution in [3.05, 3.63) is 66.1 Å². The number of nitrogens with zero attached hydrogens (tertiary/aromatic N) is 1. The van der Waals surface area contributed by atoms with Gasteiger partial charge in [0.2, 0.25) is 0 Å². The number of nitrogens with one attached hydrogen (secondary N) is 3. The van der Waals surface area contributed by atoms with E-state index < -0.39 is 5.97 Å². The summed E-state index contributed by atoms with van der Waals surface area (Å²) in [5.74, 6) is 0.197. The molecular weight excluding hydrogens is 304 g/mol. The summed E-state index contributed by atoms with van der Waals surface area (Å²) >= 11 is 0. The van der Waals surface area contributed by atoms with E-state index in [1.165, 1.54) is 7.11 Å². The summed E-state index contributed by atoms with van der Waals surface area (Å²) in [5, 5.41) is 12.4. The number of para-hydroxylation sites is 2. The number of methoxy groups -OCH3 is 1. The summed E-state index contributed by atoms with van der Waals surface area (Å²) in [6.45, 7) is 0. The number of rotatable bonds is 4. The molecule has 1 heterocycles. The van der Waals surface area contributed by atoms with E-state index in [0.29, 0.717) is 22.6 Å². The third kappa shape index (κ3) is 3.10. The molecule has 6 nitrogen and oxygen atoms in total. The van der Waals surface area contributed by atoms with Crippen molar-refractivity contribution in [2.45, 2.75) is 0 Å². The van der Waals surface area contributed by atoms with Gasteiger partial charge in [0.1, 0.15) is 6.07 Å². The van der Waals surface area contributed by atoms with Crippen LogP contribution in [-0.4, -0.2) is 18.1 Å². The molecule has 0 atom stereocenters. The van der Waals surface area contributed by atoms with Gasteiger partial charge in [-0.3, -0.25) is 0 Å². The number of hydrogen-bond acceptors (Lipinski definition) is 4. The van der Waals surface area contributed by atoms with Gasteiger partial charge in [-0.1, -0.05) is 18.2 Å². The third-order valence-electron chi connectivity index (χ3n) is 3.50. The molecule has 3 N–H and O–H groups in total. The van der Waals surface area contributed by atoms with Crippen molar-refractivity contribution in [1.29, 1.82) is 5.26 Å². The van der Waals surface area contributed by atoms with Gasteiger partial charge in [0, 0.05) is 11.9 Å². The third-order valence-corrected chi connectivity index (χ3v) is 3.50. The molecule has 0 aliphatic carbocycles. The first kappa shape index (κ1) is 15.3. The Balaban J connectivity index is 1.86. The summed E-state index contributed by atoms with van der Waals surface area (Å²) in [5.41, 5.74) is 3.37. The second kappa shape index (κ2) is 6.67. The van der Waals surface area contributed by atoms with Gasteiger partial charge in [0.05, 0.1) is 12.7 Å². The minimum absolute atomic E-state index is 0.410. The van der Waals surface area contributed by atoms with E-state index in [2.05, 4.69) is 21.4 Å². The molecule has 0 unspecified atom stereocenters. The van der Waals surface area contributed by atoms with E-state index in [1.807, 2.05) is 24.3 Å². The zero-order valence-electron chi connectivity index (χ0n) is 13.0. The van der Waals surface area contributed by atoms with Crippen molar-refractivity contribution in [3.8, 4) is 6.07 Å². The van der Waals surface area contributed by atoms with Crippen LogP contribution in [0.5, 0.6) is 0 Å². The summed E-state index contributed by atoms with van der Waals surface area (Å²) < 4.78 is 4.70. The summed E-state index contributed by atoms with van der Waals surface area (Å²) in [6.07, 6.45) is 1.58. The largest absolute Gasteiger partial charge is 0.465 e. The second-order valence-electron chi connectivity index (χ2n) is 5.06. The number of benzene rings is 2. The second-order valence-corrected chi connectivity index (χ2v) is 5.06. The highest BCUT2D eigenvalue weighted by molar-refractivity contribution is 5.90. The highest BCUT2D eigenvalue weighted by Gasteiger charge is 2.14. The molecule has 0 saturated carbocycles. The maximum absolute atomic E-state index is 11.6. The molecule has 6 heteroatoms. The molecular formula is C18H15N4O2+. The van der Waals surface area contributed by atoms with E-state index in [-0.39, 0.29) is 0 Å². The fourth-order valence-corrected chi connectivity index (χ4v) is 2.31. The molecule has 0 radical (unpaired) electrons. The topological polar surface area (TPSA) is 92.0 Å². The average molecular weight is 319 g/mol. The first-order valence-electron chi connectivity index (χ1n) is 7.27. The number of H-pyrrole nitrogens is 2. The number of hydrogen-bond donors (Lipinski definition) is 2. The zero-order valence-corrected chi connectivity index (χ0v) is 13.0. The Hall–Kier alpha value is -3.59. The van der Waals surface area contributed by atoms with Gasteiger partial charge < -0.3 is 10.1 Å². The molecule has 0 saturated heterocycles. The SMILES string of the molecule is COC(=O)c1cccc(NC=C(C#N)c2[nH]c3ccccc3[nH+]2)c1. The number of ether oxygens (including phenoxy) is 1. The van der Waals surface area contributed by atoms with E-state index in [1.54, 1.807) is 30.5 Å². The van der Waals surface area contributed by atoms with Crippen molar-refractivity contribution in [2.24, 2.45) is 0 Å². The van der Waals surface area contributed by atoms with Crippen LogP contribution in [-0.2, 0) is 4.74 Å². The Labute approximate surface area is 138 Å².